The molecule has 1 unspecified atom stereocenters. The Balaban J connectivity index is 2.87. The Morgan fingerprint density at radius 1 is 1.42 bits per heavy atom. The lowest BCUT2D eigenvalue weighted by Crippen LogP contribution is -2.21. The van der Waals surface area contributed by atoms with E-state index in [-0.39, 0.29) is 12.7 Å². The fraction of sp³-hybridized carbons (Fsp3) is 0.571. The first-order valence-corrected chi connectivity index (χ1v) is 7.22. The van der Waals surface area contributed by atoms with Crippen molar-refractivity contribution in [3.63, 3.8) is 0 Å². The van der Waals surface area contributed by atoms with E-state index in [9.17, 15) is 4.39 Å². The number of halogens is 2. The van der Waals surface area contributed by atoms with Crippen LogP contribution in [0.25, 0.3) is 0 Å². The molecule has 0 bridgehead atoms. The lowest BCUT2D eigenvalue weighted by Gasteiger charge is -2.15. The van der Waals surface area contributed by atoms with E-state index in [0.717, 1.165) is 22.9 Å². The molecule has 0 saturated carbocycles. The van der Waals surface area contributed by atoms with Crippen LogP contribution in [0.5, 0.6) is 11.5 Å². The molecule has 0 radical (unpaired) electrons. The molecule has 0 aromatic heterocycles. The molecule has 3 nitrogen and oxygen atoms in total. The maximum absolute atomic E-state index is 12.1. The highest BCUT2D eigenvalue weighted by Gasteiger charge is 2.13. The number of ether oxygens (including phenoxy) is 2. The number of methoxy groups -OCH3 is 1. The minimum atomic E-state index is -0.386. The second-order valence-electron chi connectivity index (χ2n) is 4.37. The Morgan fingerprint density at radius 3 is 2.74 bits per heavy atom. The molecule has 0 fully saturated rings. The van der Waals surface area contributed by atoms with Crippen molar-refractivity contribution in [1.29, 1.82) is 0 Å². The Morgan fingerprint density at radius 2 is 2.16 bits per heavy atom. The molecule has 5 heteroatoms. The largest absolute Gasteiger partial charge is 0.493 e. The topological polar surface area (TPSA) is 44.5 Å². The number of hydrogen-bond acceptors (Lipinski definition) is 3. The van der Waals surface area contributed by atoms with Crippen molar-refractivity contribution in [2.45, 2.75) is 32.2 Å². The van der Waals surface area contributed by atoms with Gasteiger partial charge >= 0.3 is 0 Å². The van der Waals surface area contributed by atoms with Gasteiger partial charge in [0, 0.05) is 12.5 Å². The molecule has 2 N–H and O–H groups in total. The fourth-order valence-electron chi connectivity index (χ4n) is 1.71. The van der Waals surface area contributed by atoms with Crippen molar-refractivity contribution in [3.05, 3.63) is 22.2 Å². The van der Waals surface area contributed by atoms with Crippen LogP contribution in [-0.4, -0.2) is 26.4 Å². The molecule has 19 heavy (non-hydrogen) atoms. The molecule has 0 amide bonds. The molecule has 0 spiro atoms. The van der Waals surface area contributed by atoms with Crippen LogP contribution in [0.15, 0.2) is 16.6 Å². The van der Waals surface area contributed by atoms with Crippen LogP contribution in [0.1, 0.15) is 25.3 Å². The normalized spacial score (nSPS) is 12.3. The summed E-state index contributed by atoms with van der Waals surface area (Å²) in [6.45, 7) is 2.01. The highest BCUT2D eigenvalue weighted by Crippen LogP contribution is 2.37. The second kappa shape index (κ2) is 8.38. The zero-order chi connectivity index (χ0) is 14.3. The average Bonchev–Trinajstić information content (AvgIpc) is 2.40. The van der Waals surface area contributed by atoms with Gasteiger partial charge in [0.1, 0.15) is 0 Å². The molecular weight excluding hydrogens is 313 g/mol. The van der Waals surface area contributed by atoms with Gasteiger partial charge in [0.2, 0.25) is 0 Å². The van der Waals surface area contributed by atoms with Gasteiger partial charge < -0.3 is 15.2 Å². The van der Waals surface area contributed by atoms with Gasteiger partial charge in [-0.3, -0.25) is 4.39 Å². The Hall–Kier alpha value is -0.810. The van der Waals surface area contributed by atoms with E-state index in [4.69, 9.17) is 15.2 Å². The third-order valence-corrected chi connectivity index (χ3v) is 3.42. The van der Waals surface area contributed by atoms with E-state index < -0.39 is 0 Å². The monoisotopic (exact) mass is 333 g/mol. The maximum atomic E-state index is 12.1. The summed E-state index contributed by atoms with van der Waals surface area (Å²) >= 11 is 3.46. The predicted molar refractivity (Wildman–Crippen MR) is 78.8 cm³/mol. The summed E-state index contributed by atoms with van der Waals surface area (Å²) < 4.78 is 23.8. The molecular formula is C14H21BrFNO2. The first kappa shape index (κ1) is 16.2. The van der Waals surface area contributed by atoms with Crippen molar-refractivity contribution < 1.29 is 13.9 Å². The first-order valence-electron chi connectivity index (χ1n) is 6.43. The van der Waals surface area contributed by atoms with Gasteiger partial charge in [0.05, 0.1) is 24.9 Å². The van der Waals surface area contributed by atoms with Crippen molar-refractivity contribution in [3.8, 4) is 11.5 Å². The molecule has 0 aliphatic rings. The van der Waals surface area contributed by atoms with Gasteiger partial charge in [-0.1, -0.05) is 6.92 Å². The van der Waals surface area contributed by atoms with E-state index in [1.165, 1.54) is 0 Å². The number of benzene rings is 1. The smallest absolute Gasteiger partial charge is 0.175 e. The van der Waals surface area contributed by atoms with Gasteiger partial charge in [-0.15, -0.1) is 0 Å². The van der Waals surface area contributed by atoms with Crippen LogP contribution in [0.2, 0.25) is 0 Å². The van der Waals surface area contributed by atoms with Gasteiger partial charge in [0.25, 0.3) is 0 Å². The number of rotatable bonds is 8. The van der Waals surface area contributed by atoms with Gasteiger partial charge in [-0.05, 0) is 46.5 Å². The highest BCUT2D eigenvalue weighted by molar-refractivity contribution is 9.10. The van der Waals surface area contributed by atoms with Crippen LogP contribution < -0.4 is 15.2 Å². The molecule has 0 heterocycles. The third kappa shape index (κ3) is 4.99. The molecule has 1 atom stereocenters. The molecule has 1 aromatic carbocycles. The van der Waals surface area contributed by atoms with E-state index >= 15 is 0 Å². The average molecular weight is 334 g/mol. The Kier molecular flexibility index (Phi) is 7.16. The summed E-state index contributed by atoms with van der Waals surface area (Å²) in [5, 5.41) is 0. The van der Waals surface area contributed by atoms with Crippen molar-refractivity contribution in [1.82, 2.24) is 0 Å². The van der Waals surface area contributed by atoms with E-state index in [1.807, 2.05) is 12.1 Å². The highest BCUT2D eigenvalue weighted by atomic mass is 79.9. The maximum Gasteiger partial charge on any atom is 0.175 e. The summed E-state index contributed by atoms with van der Waals surface area (Å²) in [5.41, 5.74) is 7.05. The van der Waals surface area contributed by atoms with Crippen LogP contribution in [-0.2, 0) is 6.42 Å². The van der Waals surface area contributed by atoms with E-state index in [2.05, 4.69) is 22.9 Å². The van der Waals surface area contributed by atoms with E-state index in [0.29, 0.717) is 24.5 Å². The fourth-order valence-corrected chi connectivity index (χ4v) is 2.31. The lowest BCUT2D eigenvalue weighted by molar-refractivity contribution is 0.272. The first-order chi connectivity index (χ1) is 9.12. The third-order valence-electron chi connectivity index (χ3n) is 2.84. The zero-order valence-corrected chi connectivity index (χ0v) is 13.0. The summed E-state index contributed by atoms with van der Waals surface area (Å²) in [7, 11) is 1.59. The quantitative estimate of drug-likeness (QED) is 0.741. The second-order valence-corrected chi connectivity index (χ2v) is 5.23. The molecule has 0 aliphatic carbocycles. The summed E-state index contributed by atoms with van der Waals surface area (Å²) in [6.07, 6.45) is 2.09. The number of hydrogen-bond donors (Lipinski definition) is 1. The Bertz CT molecular complexity index is 401. The van der Waals surface area contributed by atoms with E-state index in [1.54, 1.807) is 7.11 Å². The molecule has 108 valence electrons. The van der Waals surface area contributed by atoms with Gasteiger partial charge in [-0.2, -0.15) is 0 Å². The molecule has 0 aliphatic heterocycles. The number of nitrogens with two attached hydrogens (primary N) is 1. The number of alkyl halides is 1. The summed E-state index contributed by atoms with van der Waals surface area (Å²) in [6, 6.07) is 4.03. The van der Waals surface area contributed by atoms with Crippen LogP contribution in [0, 0.1) is 0 Å². The molecule has 0 saturated heterocycles. The minimum absolute atomic E-state index is 0.134. The van der Waals surface area contributed by atoms with Gasteiger partial charge in [0.15, 0.2) is 11.5 Å². The molecule has 1 rings (SSSR count). The summed E-state index contributed by atoms with van der Waals surface area (Å²) in [4.78, 5) is 0. The van der Waals surface area contributed by atoms with Crippen LogP contribution in [0.4, 0.5) is 4.39 Å². The standard InChI is InChI=1S/C14H21BrFNO2/c1-3-11(17)7-10-8-12(15)14(13(9-10)18-2)19-6-4-5-16/h8-9,11H,3-7,17H2,1-2H3. The van der Waals surface area contributed by atoms with Crippen molar-refractivity contribution in [2.75, 3.05) is 20.4 Å². The van der Waals surface area contributed by atoms with Crippen LogP contribution >= 0.6 is 15.9 Å². The van der Waals surface area contributed by atoms with Crippen molar-refractivity contribution in [2.24, 2.45) is 5.73 Å². The Labute approximate surface area is 122 Å². The van der Waals surface area contributed by atoms with Crippen molar-refractivity contribution >= 4 is 15.9 Å². The van der Waals surface area contributed by atoms with Gasteiger partial charge in [-0.25, -0.2) is 0 Å². The lowest BCUT2D eigenvalue weighted by atomic mass is 10.0. The molecule has 1 aromatic rings. The zero-order valence-electron chi connectivity index (χ0n) is 11.4. The predicted octanol–water partition coefficient (Wildman–Crippen LogP) is 3.48. The SMILES string of the molecule is CCC(N)Cc1cc(Br)c(OCCCF)c(OC)c1. The summed E-state index contributed by atoms with van der Waals surface area (Å²) in [5.74, 6) is 1.26. The minimum Gasteiger partial charge on any atom is -0.493 e. The van der Waals surface area contributed by atoms with Crippen LogP contribution in [0.3, 0.4) is 0 Å².